The molecule has 0 aliphatic rings. The summed E-state index contributed by atoms with van der Waals surface area (Å²) in [7, 11) is 1.55. The van der Waals surface area contributed by atoms with Gasteiger partial charge in [0.1, 0.15) is 0 Å². The highest BCUT2D eigenvalue weighted by Gasteiger charge is 2.19. The van der Waals surface area contributed by atoms with E-state index >= 15 is 0 Å². The molecule has 1 aromatic carbocycles. The number of fused-ring (bicyclic) bond motifs is 1. The first-order chi connectivity index (χ1) is 12.3. The van der Waals surface area contributed by atoms with Gasteiger partial charge in [0.15, 0.2) is 5.65 Å². The van der Waals surface area contributed by atoms with Gasteiger partial charge in [-0.2, -0.15) is 10.1 Å². The van der Waals surface area contributed by atoms with Crippen LogP contribution in [0, 0.1) is 0 Å². The van der Waals surface area contributed by atoms with Gasteiger partial charge in [0.25, 0.3) is 0 Å². The fraction of sp³-hybridized carbons (Fsp3) is 0.294. The largest absolute Gasteiger partial charge is 0.389 e. The van der Waals surface area contributed by atoms with Crippen LogP contribution in [-0.2, 0) is 6.54 Å². The molecule has 3 rings (SSSR count). The van der Waals surface area contributed by atoms with Gasteiger partial charge in [-0.1, -0.05) is 12.1 Å². The van der Waals surface area contributed by atoms with Crippen molar-refractivity contribution < 1.29 is 9.90 Å². The first kappa shape index (κ1) is 18.1. The minimum absolute atomic E-state index is 0.0950. The van der Waals surface area contributed by atoms with Gasteiger partial charge in [0, 0.05) is 18.3 Å². The van der Waals surface area contributed by atoms with E-state index < -0.39 is 5.60 Å². The minimum atomic E-state index is -0.941. The Bertz CT molecular complexity index is 946. The highest BCUT2D eigenvalue weighted by molar-refractivity contribution is 6.28. The van der Waals surface area contributed by atoms with Crippen molar-refractivity contribution in [1.29, 1.82) is 0 Å². The number of aliphatic hydroxyl groups is 1. The summed E-state index contributed by atoms with van der Waals surface area (Å²) in [5.41, 5.74) is 1.71. The maximum Gasteiger partial charge on any atom is 0.318 e. The molecule has 0 fully saturated rings. The zero-order chi connectivity index (χ0) is 18.9. The maximum atomic E-state index is 11.4. The molecule has 0 bridgehead atoms. The summed E-state index contributed by atoms with van der Waals surface area (Å²) in [4.78, 5) is 20.0. The van der Waals surface area contributed by atoms with E-state index in [0.717, 1.165) is 10.9 Å². The summed E-state index contributed by atoms with van der Waals surface area (Å²) in [6.45, 7) is 3.67. The van der Waals surface area contributed by atoms with Gasteiger partial charge in [-0.15, -0.1) is 0 Å². The third kappa shape index (κ3) is 3.92. The molecule has 0 aliphatic carbocycles. The molecule has 0 atom stereocenters. The minimum Gasteiger partial charge on any atom is -0.389 e. The summed E-state index contributed by atoms with van der Waals surface area (Å²) in [5.74, 6) is 0. The molecule has 0 saturated heterocycles. The number of rotatable bonds is 4. The molecular formula is C17H19ClN6O2. The summed E-state index contributed by atoms with van der Waals surface area (Å²) in [6, 6.07) is 6.91. The lowest BCUT2D eigenvalue weighted by atomic mass is 10.1. The average Bonchev–Trinajstić information content (AvgIpc) is 2.95. The maximum absolute atomic E-state index is 11.4. The van der Waals surface area contributed by atoms with Crippen LogP contribution in [0.25, 0.3) is 22.3 Å². The van der Waals surface area contributed by atoms with Crippen molar-refractivity contribution in [3.8, 4) is 11.3 Å². The standard InChI is InChI=1S/C17H19ClN6O2/c1-17(2,26)9-24-14-12(8-20-24)13(22-15(18)23-14)10-4-6-11(7-5-10)21-16(25)19-3/h4-8,26H,9H2,1-3H3,(H2,19,21,25). The second-order valence-electron chi connectivity index (χ2n) is 6.47. The van der Waals surface area contributed by atoms with Gasteiger partial charge in [-0.25, -0.2) is 14.5 Å². The Morgan fingerprint density at radius 2 is 1.96 bits per heavy atom. The fourth-order valence-corrected chi connectivity index (χ4v) is 2.70. The second kappa shape index (κ2) is 6.89. The van der Waals surface area contributed by atoms with E-state index in [2.05, 4.69) is 25.7 Å². The van der Waals surface area contributed by atoms with Crippen molar-refractivity contribution >= 4 is 34.4 Å². The Morgan fingerprint density at radius 1 is 1.27 bits per heavy atom. The Labute approximate surface area is 155 Å². The lowest BCUT2D eigenvalue weighted by molar-refractivity contribution is 0.0589. The molecule has 0 unspecified atom stereocenters. The van der Waals surface area contributed by atoms with Gasteiger partial charge in [0.2, 0.25) is 5.28 Å². The SMILES string of the molecule is CNC(=O)Nc1ccc(-c2nc(Cl)nc3c2cnn3CC(C)(C)O)cc1. The fourth-order valence-electron chi connectivity index (χ4n) is 2.54. The number of benzene rings is 1. The molecule has 0 aliphatic heterocycles. The molecule has 2 heterocycles. The van der Waals surface area contributed by atoms with Gasteiger partial charge in [-0.3, -0.25) is 0 Å². The topological polar surface area (TPSA) is 105 Å². The number of carbonyl (C=O) groups excluding carboxylic acids is 1. The third-order valence-corrected chi connectivity index (χ3v) is 3.82. The van der Waals surface area contributed by atoms with E-state index in [1.807, 2.05) is 12.1 Å². The zero-order valence-corrected chi connectivity index (χ0v) is 15.4. The molecule has 3 aromatic rings. The van der Waals surface area contributed by atoms with Crippen LogP contribution in [0.4, 0.5) is 10.5 Å². The van der Waals surface area contributed by atoms with Crippen molar-refractivity contribution in [2.45, 2.75) is 26.0 Å². The number of carbonyl (C=O) groups is 1. The van der Waals surface area contributed by atoms with Crippen LogP contribution in [0.2, 0.25) is 5.28 Å². The van der Waals surface area contributed by atoms with Crippen molar-refractivity contribution in [3.63, 3.8) is 0 Å². The number of hydrogen-bond acceptors (Lipinski definition) is 5. The molecular weight excluding hydrogens is 356 g/mol. The van der Waals surface area contributed by atoms with Crippen molar-refractivity contribution in [3.05, 3.63) is 35.7 Å². The Morgan fingerprint density at radius 3 is 2.58 bits per heavy atom. The summed E-state index contributed by atoms with van der Waals surface area (Å²) in [5, 5.41) is 20.4. The van der Waals surface area contributed by atoms with E-state index in [1.54, 1.807) is 43.9 Å². The molecule has 2 amide bonds. The summed E-state index contributed by atoms with van der Waals surface area (Å²) in [6.07, 6.45) is 1.66. The van der Waals surface area contributed by atoms with E-state index in [4.69, 9.17) is 11.6 Å². The van der Waals surface area contributed by atoms with Gasteiger partial charge in [-0.05, 0) is 37.6 Å². The lowest BCUT2D eigenvalue weighted by Gasteiger charge is -2.17. The number of halogens is 1. The van der Waals surface area contributed by atoms with Crippen LogP contribution in [0.15, 0.2) is 30.5 Å². The summed E-state index contributed by atoms with van der Waals surface area (Å²) < 4.78 is 1.61. The number of amides is 2. The molecule has 0 saturated carbocycles. The molecule has 26 heavy (non-hydrogen) atoms. The Balaban J connectivity index is 2.01. The zero-order valence-electron chi connectivity index (χ0n) is 14.6. The number of anilines is 1. The normalized spacial score (nSPS) is 11.6. The number of hydrogen-bond donors (Lipinski definition) is 3. The van der Waals surface area contributed by atoms with E-state index in [0.29, 0.717) is 17.0 Å². The lowest BCUT2D eigenvalue weighted by Crippen LogP contribution is -2.26. The summed E-state index contributed by atoms with van der Waals surface area (Å²) >= 11 is 6.10. The number of nitrogens with one attached hydrogen (secondary N) is 2. The highest BCUT2D eigenvalue weighted by Crippen LogP contribution is 2.28. The molecule has 0 radical (unpaired) electrons. The second-order valence-corrected chi connectivity index (χ2v) is 6.81. The van der Waals surface area contributed by atoms with Crippen LogP contribution >= 0.6 is 11.6 Å². The Hall–Kier alpha value is -2.71. The monoisotopic (exact) mass is 374 g/mol. The average molecular weight is 375 g/mol. The first-order valence-corrected chi connectivity index (χ1v) is 8.35. The first-order valence-electron chi connectivity index (χ1n) is 7.97. The van der Waals surface area contributed by atoms with Crippen LogP contribution in [0.3, 0.4) is 0 Å². The smallest absolute Gasteiger partial charge is 0.318 e. The number of urea groups is 1. The van der Waals surface area contributed by atoms with E-state index in [1.165, 1.54) is 0 Å². The van der Waals surface area contributed by atoms with Crippen LogP contribution in [-0.4, -0.2) is 43.5 Å². The molecule has 136 valence electrons. The number of nitrogens with zero attached hydrogens (tertiary/aromatic N) is 4. The van der Waals surface area contributed by atoms with Crippen LogP contribution in [0.5, 0.6) is 0 Å². The molecule has 2 aromatic heterocycles. The molecule has 8 nitrogen and oxygen atoms in total. The molecule has 3 N–H and O–H groups in total. The predicted octanol–water partition coefficient (Wildman–Crippen LogP) is 2.67. The van der Waals surface area contributed by atoms with Crippen molar-refractivity contribution in [2.24, 2.45) is 0 Å². The quantitative estimate of drug-likeness (QED) is 0.609. The van der Waals surface area contributed by atoms with Crippen molar-refractivity contribution in [2.75, 3.05) is 12.4 Å². The van der Waals surface area contributed by atoms with Gasteiger partial charge in [0.05, 0.1) is 29.4 Å². The predicted molar refractivity (Wildman–Crippen MR) is 100 cm³/mol. The van der Waals surface area contributed by atoms with E-state index in [-0.39, 0.29) is 17.9 Å². The Kier molecular flexibility index (Phi) is 4.80. The van der Waals surface area contributed by atoms with E-state index in [9.17, 15) is 9.90 Å². The molecule has 0 spiro atoms. The highest BCUT2D eigenvalue weighted by atomic mass is 35.5. The number of aromatic nitrogens is 4. The van der Waals surface area contributed by atoms with Gasteiger partial charge >= 0.3 is 6.03 Å². The third-order valence-electron chi connectivity index (χ3n) is 3.65. The van der Waals surface area contributed by atoms with Crippen LogP contribution < -0.4 is 10.6 Å². The molecule has 9 heteroatoms. The van der Waals surface area contributed by atoms with Gasteiger partial charge < -0.3 is 15.7 Å². The van der Waals surface area contributed by atoms with Crippen molar-refractivity contribution in [1.82, 2.24) is 25.1 Å². The van der Waals surface area contributed by atoms with Crippen LogP contribution in [0.1, 0.15) is 13.8 Å².